The number of hydrogen-bond acceptors (Lipinski definition) is 4. The molecular formula is C18H21NO4. The molecule has 0 radical (unpaired) electrons. The number of fused-ring (bicyclic) bond motifs is 1. The van der Waals surface area contributed by atoms with E-state index in [0.717, 1.165) is 34.2 Å². The van der Waals surface area contributed by atoms with Crippen LogP contribution in [0.15, 0.2) is 11.6 Å². The lowest BCUT2D eigenvalue weighted by molar-refractivity contribution is -0.141. The normalized spacial score (nSPS) is 21.6. The van der Waals surface area contributed by atoms with Gasteiger partial charge in [0.05, 0.1) is 17.2 Å². The zero-order valence-electron chi connectivity index (χ0n) is 13.4. The molecule has 0 spiro atoms. The summed E-state index contributed by atoms with van der Waals surface area (Å²) in [6.45, 7) is 4.30. The number of nitrogen functional groups attached to an aromatic ring is 1. The van der Waals surface area contributed by atoms with E-state index in [2.05, 4.69) is 6.08 Å². The Morgan fingerprint density at radius 3 is 2.78 bits per heavy atom. The summed E-state index contributed by atoms with van der Waals surface area (Å²) in [7, 11) is 0. The van der Waals surface area contributed by atoms with Gasteiger partial charge in [-0.1, -0.05) is 11.6 Å². The fraction of sp³-hybridized carbons (Fsp3) is 0.444. The van der Waals surface area contributed by atoms with Gasteiger partial charge in [-0.15, -0.1) is 0 Å². The average Bonchev–Trinajstić information content (AvgIpc) is 3.12. The van der Waals surface area contributed by atoms with Crippen molar-refractivity contribution < 1.29 is 19.4 Å². The van der Waals surface area contributed by atoms with Gasteiger partial charge in [-0.05, 0) is 56.2 Å². The summed E-state index contributed by atoms with van der Waals surface area (Å²) < 4.78 is 5.11. The molecule has 0 aromatic heterocycles. The number of esters is 1. The second-order valence-electron chi connectivity index (χ2n) is 6.42. The highest BCUT2D eigenvalue weighted by Crippen LogP contribution is 2.36. The zero-order valence-corrected chi connectivity index (χ0v) is 13.4. The van der Waals surface area contributed by atoms with E-state index < -0.39 is 5.97 Å². The molecule has 2 aliphatic rings. The first-order chi connectivity index (χ1) is 10.9. The quantitative estimate of drug-likeness (QED) is 0.508. The first kappa shape index (κ1) is 15.6. The van der Waals surface area contributed by atoms with Crippen LogP contribution in [-0.2, 0) is 22.6 Å². The lowest BCUT2D eigenvalue weighted by Crippen LogP contribution is -2.09. The van der Waals surface area contributed by atoms with Crippen LogP contribution in [0.25, 0.3) is 0 Å². The number of aliphatic carboxylic acids is 1. The monoisotopic (exact) mass is 315 g/mol. The Kier molecular flexibility index (Phi) is 3.88. The van der Waals surface area contributed by atoms with Gasteiger partial charge >= 0.3 is 11.9 Å². The second-order valence-corrected chi connectivity index (χ2v) is 6.42. The summed E-state index contributed by atoms with van der Waals surface area (Å²) in [6, 6.07) is 0. The van der Waals surface area contributed by atoms with Gasteiger partial charge in [0.15, 0.2) is 0 Å². The number of carboxylic acid groups (broad SMARTS) is 1. The molecule has 122 valence electrons. The highest BCUT2D eigenvalue weighted by Gasteiger charge is 2.29. The number of rotatable bonds is 3. The molecular weight excluding hydrogens is 294 g/mol. The maximum absolute atomic E-state index is 11.9. The van der Waals surface area contributed by atoms with E-state index in [9.17, 15) is 9.59 Å². The Morgan fingerprint density at radius 1 is 1.39 bits per heavy atom. The number of carbonyl (C=O) groups excluding carboxylic acids is 1. The molecule has 1 fully saturated rings. The predicted molar refractivity (Wildman–Crippen MR) is 86.2 cm³/mol. The Morgan fingerprint density at radius 2 is 2.13 bits per heavy atom. The topological polar surface area (TPSA) is 89.6 Å². The van der Waals surface area contributed by atoms with Crippen molar-refractivity contribution in [3.8, 4) is 0 Å². The number of anilines is 1. The van der Waals surface area contributed by atoms with E-state index in [0.29, 0.717) is 37.1 Å². The highest BCUT2D eigenvalue weighted by molar-refractivity contribution is 6.00. The number of benzene rings is 1. The molecule has 0 amide bonds. The summed E-state index contributed by atoms with van der Waals surface area (Å²) in [5.74, 6) is -1.34. The van der Waals surface area contributed by atoms with E-state index in [-0.39, 0.29) is 11.9 Å². The molecule has 5 heteroatoms. The lowest BCUT2D eigenvalue weighted by atomic mass is 9.90. The Balaban J connectivity index is 1.90. The molecule has 1 saturated carbocycles. The van der Waals surface area contributed by atoms with Crippen LogP contribution in [-0.4, -0.2) is 17.0 Å². The molecule has 3 rings (SSSR count). The molecule has 1 aromatic rings. The third-order valence-electron chi connectivity index (χ3n) is 5.18. The molecule has 5 nitrogen and oxygen atoms in total. The van der Waals surface area contributed by atoms with Crippen molar-refractivity contribution in [1.29, 1.82) is 0 Å². The number of carbonyl (C=O) groups is 2. The Labute approximate surface area is 135 Å². The van der Waals surface area contributed by atoms with Crippen LogP contribution in [0.4, 0.5) is 5.69 Å². The number of cyclic esters (lactones) is 1. The van der Waals surface area contributed by atoms with Gasteiger partial charge in [0, 0.05) is 5.56 Å². The van der Waals surface area contributed by atoms with Crippen molar-refractivity contribution in [3.63, 3.8) is 0 Å². The van der Waals surface area contributed by atoms with Gasteiger partial charge in [0.25, 0.3) is 0 Å². The third-order valence-corrected chi connectivity index (χ3v) is 5.18. The predicted octanol–water partition coefficient (Wildman–Crippen LogP) is 2.91. The molecule has 0 bridgehead atoms. The third kappa shape index (κ3) is 2.60. The minimum Gasteiger partial charge on any atom is -0.481 e. The SMILES string of the molecule is Cc1c(C)c2c(c(N)c1C/C=C1\CC[C@@H](C(=O)O)C1)C(=O)OC2. The van der Waals surface area contributed by atoms with Crippen LogP contribution in [0.5, 0.6) is 0 Å². The van der Waals surface area contributed by atoms with Gasteiger partial charge in [-0.2, -0.15) is 0 Å². The molecule has 1 aromatic carbocycles. The molecule has 3 N–H and O–H groups in total. The standard InChI is InChI=1S/C18H21NO4/c1-9-10(2)14-8-23-18(22)15(14)16(19)13(9)6-4-11-3-5-12(7-11)17(20)21/h4,12H,3,5-8,19H2,1-2H3,(H,20,21)/b11-4+/t12-/m1/s1. The summed E-state index contributed by atoms with van der Waals surface area (Å²) in [5, 5.41) is 9.08. The van der Waals surface area contributed by atoms with Gasteiger partial charge in [-0.3, -0.25) is 4.79 Å². The van der Waals surface area contributed by atoms with Crippen LogP contribution >= 0.6 is 0 Å². The zero-order chi connectivity index (χ0) is 16.7. The van der Waals surface area contributed by atoms with E-state index in [1.54, 1.807) is 0 Å². The first-order valence-electron chi connectivity index (χ1n) is 7.88. The van der Waals surface area contributed by atoms with E-state index >= 15 is 0 Å². The summed E-state index contributed by atoms with van der Waals surface area (Å²) in [6.07, 6.45) is 4.84. The summed E-state index contributed by atoms with van der Waals surface area (Å²) >= 11 is 0. The van der Waals surface area contributed by atoms with Crippen LogP contribution in [0.1, 0.15) is 51.9 Å². The molecule has 23 heavy (non-hydrogen) atoms. The minimum atomic E-state index is -0.722. The average molecular weight is 315 g/mol. The maximum Gasteiger partial charge on any atom is 0.341 e. The van der Waals surface area contributed by atoms with Crippen LogP contribution in [0.2, 0.25) is 0 Å². The Bertz CT molecular complexity index is 733. The molecule has 0 saturated heterocycles. The molecule has 1 atom stereocenters. The second kappa shape index (κ2) is 5.72. The highest BCUT2D eigenvalue weighted by atomic mass is 16.5. The van der Waals surface area contributed by atoms with E-state index in [1.165, 1.54) is 0 Å². The molecule has 0 unspecified atom stereocenters. The van der Waals surface area contributed by atoms with E-state index in [4.69, 9.17) is 15.6 Å². The lowest BCUT2D eigenvalue weighted by Gasteiger charge is -2.15. The largest absolute Gasteiger partial charge is 0.481 e. The number of hydrogen-bond donors (Lipinski definition) is 2. The van der Waals surface area contributed by atoms with E-state index in [1.807, 2.05) is 13.8 Å². The summed E-state index contributed by atoms with van der Waals surface area (Å²) in [5.41, 5.74) is 12.4. The van der Waals surface area contributed by atoms with Crippen molar-refractivity contribution >= 4 is 17.6 Å². The van der Waals surface area contributed by atoms with Gasteiger partial charge < -0.3 is 15.6 Å². The minimum absolute atomic E-state index is 0.267. The van der Waals surface area contributed by atoms with Crippen LogP contribution in [0.3, 0.4) is 0 Å². The molecule has 1 aliphatic heterocycles. The van der Waals surface area contributed by atoms with Crippen LogP contribution < -0.4 is 5.73 Å². The smallest absolute Gasteiger partial charge is 0.341 e. The number of allylic oxidation sites excluding steroid dienone is 2. The Hall–Kier alpha value is -2.30. The fourth-order valence-corrected chi connectivity index (χ4v) is 3.56. The molecule has 1 aliphatic carbocycles. The van der Waals surface area contributed by atoms with Gasteiger partial charge in [-0.25, -0.2) is 4.79 Å². The summed E-state index contributed by atoms with van der Waals surface area (Å²) in [4.78, 5) is 22.9. The van der Waals surface area contributed by atoms with Crippen molar-refractivity contribution in [3.05, 3.63) is 39.5 Å². The van der Waals surface area contributed by atoms with Crippen molar-refractivity contribution in [2.24, 2.45) is 5.92 Å². The van der Waals surface area contributed by atoms with Crippen molar-refractivity contribution in [1.82, 2.24) is 0 Å². The maximum atomic E-state index is 11.9. The number of nitrogens with two attached hydrogens (primary N) is 1. The number of ether oxygens (including phenoxy) is 1. The first-order valence-corrected chi connectivity index (χ1v) is 7.88. The van der Waals surface area contributed by atoms with Gasteiger partial charge in [0.2, 0.25) is 0 Å². The van der Waals surface area contributed by atoms with Crippen molar-refractivity contribution in [2.45, 2.75) is 46.1 Å². The van der Waals surface area contributed by atoms with Crippen molar-refractivity contribution in [2.75, 3.05) is 5.73 Å². The van der Waals surface area contributed by atoms with Gasteiger partial charge in [0.1, 0.15) is 6.61 Å². The fourth-order valence-electron chi connectivity index (χ4n) is 3.56. The van der Waals surface area contributed by atoms with Crippen LogP contribution in [0, 0.1) is 19.8 Å². The number of carboxylic acids is 1. The molecule has 1 heterocycles.